The summed E-state index contributed by atoms with van der Waals surface area (Å²) in [6.07, 6.45) is 4.06. The first kappa shape index (κ1) is 18.3. The third-order valence-electron chi connectivity index (χ3n) is 3.69. The number of benzene rings is 1. The van der Waals surface area contributed by atoms with Gasteiger partial charge in [0.1, 0.15) is 0 Å². The Morgan fingerprint density at radius 1 is 1.21 bits per heavy atom. The third-order valence-corrected chi connectivity index (χ3v) is 4.42. The number of fused-ring (bicyclic) bond motifs is 1. The van der Waals surface area contributed by atoms with Gasteiger partial charge in [-0.3, -0.25) is 4.99 Å². The summed E-state index contributed by atoms with van der Waals surface area (Å²) in [6, 6.07) is 6.24. The molecule has 0 atom stereocenters. The van der Waals surface area contributed by atoms with Gasteiger partial charge in [0.05, 0.1) is 6.26 Å². The Balaban J connectivity index is 1.81. The highest BCUT2D eigenvalue weighted by molar-refractivity contribution is 7.88. The normalized spacial score (nSPS) is 12.5. The lowest BCUT2D eigenvalue weighted by atomic mass is 10.1. The summed E-state index contributed by atoms with van der Waals surface area (Å²) in [5.74, 6) is 0.655. The average molecular weight is 351 g/mol. The Bertz CT molecular complexity index is 811. The maximum atomic E-state index is 11.0. The van der Waals surface area contributed by atoms with Crippen molar-refractivity contribution in [3.8, 4) is 0 Å². The number of hydrogen-bond acceptors (Lipinski definition) is 3. The van der Waals surface area contributed by atoms with E-state index in [-0.39, 0.29) is 0 Å². The highest BCUT2D eigenvalue weighted by atomic mass is 32.2. The van der Waals surface area contributed by atoms with Gasteiger partial charge in [-0.15, -0.1) is 0 Å². The molecule has 0 aliphatic rings. The van der Waals surface area contributed by atoms with Crippen molar-refractivity contribution in [1.82, 2.24) is 20.3 Å². The van der Waals surface area contributed by atoms with Crippen LogP contribution in [0.25, 0.3) is 10.9 Å². The van der Waals surface area contributed by atoms with Gasteiger partial charge in [0, 0.05) is 43.8 Å². The Hall–Kier alpha value is -2.06. The zero-order valence-corrected chi connectivity index (χ0v) is 15.1. The highest BCUT2D eigenvalue weighted by Crippen LogP contribution is 2.22. The third kappa shape index (κ3) is 5.24. The predicted molar refractivity (Wildman–Crippen MR) is 99.0 cm³/mol. The molecule has 24 heavy (non-hydrogen) atoms. The van der Waals surface area contributed by atoms with Crippen LogP contribution >= 0.6 is 0 Å². The number of rotatable bonds is 7. The molecule has 0 unspecified atom stereocenters. The zero-order valence-electron chi connectivity index (χ0n) is 14.3. The number of nitrogens with zero attached hydrogens (tertiary/aromatic N) is 1. The van der Waals surface area contributed by atoms with E-state index < -0.39 is 10.0 Å². The highest BCUT2D eigenvalue weighted by Gasteiger charge is 2.06. The number of hydrogen-bond donors (Lipinski definition) is 4. The van der Waals surface area contributed by atoms with E-state index in [9.17, 15) is 8.42 Å². The molecule has 0 radical (unpaired) electrons. The molecule has 7 nitrogen and oxygen atoms in total. The summed E-state index contributed by atoms with van der Waals surface area (Å²) >= 11 is 0. The Labute approximate surface area is 143 Å². The molecule has 0 saturated carbocycles. The summed E-state index contributed by atoms with van der Waals surface area (Å²) in [5, 5.41) is 7.59. The molecule has 0 amide bonds. The predicted octanol–water partition coefficient (Wildman–Crippen LogP) is 0.733. The van der Waals surface area contributed by atoms with Crippen molar-refractivity contribution >= 4 is 26.9 Å². The van der Waals surface area contributed by atoms with E-state index in [1.165, 1.54) is 16.5 Å². The van der Waals surface area contributed by atoms with E-state index in [0.717, 1.165) is 24.7 Å². The van der Waals surface area contributed by atoms with Gasteiger partial charge in [-0.2, -0.15) is 0 Å². The summed E-state index contributed by atoms with van der Waals surface area (Å²) in [4.78, 5) is 7.43. The van der Waals surface area contributed by atoms with E-state index in [1.54, 1.807) is 7.05 Å². The first-order valence-electron chi connectivity index (χ1n) is 7.85. The first-order chi connectivity index (χ1) is 11.4. The van der Waals surface area contributed by atoms with Crippen LogP contribution in [0, 0.1) is 6.92 Å². The second kappa shape index (κ2) is 8.16. The van der Waals surface area contributed by atoms with E-state index in [0.29, 0.717) is 19.0 Å². The van der Waals surface area contributed by atoms with Crippen molar-refractivity contribution < 1.29 is 8.42 Å². The maximum absolute atomic E-state index is 11.0. The van der Waals surface area contributed by atoms with Crippen molar-refractivity contribution in [3.05, 3.63) is 35.5 Å². The largest absolute Gasteiger partial charge is 0.361 e. The molecule has 2 aromatic rings. The van der Waals surface area contributed by atoms with Crippen molar-refractivity contribution in [1.29, 1.82) is 0 Å². The van der Waals surface area contributed by atoms with Crippen LogP contribution in [0.4, 0.5) is 0 Å². The molecule has 1 heterocycles. The lowest BCUT2D eigenvalue weighted by Gasteiger charge is -2.12. The molecule has 2 rings (SSSR count). The van der Waals surface area contributed by atoms with Gasteiger partial charge in [0.25, 0.3) is 0 Å². The van der Waals surface area contributed by atoms with E-state index in [4.69, 9.17) is 0 Å². The van der Waals surface area contributed by atoms with Gasteiger partial charge >= 0.3 is 0 Å². The molecular weight excluding hydrogens is 326 g/mol. The Morgan fingerprint density at radius 3 is 2.67 bits per heavy atom. The van der Waals surface area contributed by atoms with Crippen molar-refractivity contribution in [3.63, 3.8) is 0 Å². The Morgan fingerprint density at radius 2 is 1.96 bits per heavy atom. The molecule has 4 N–H and O–H groups in total. The minimum absolute atomic E-state index is 0.321. The maximum Gasteiger partial charge on any atom is 0.208 e. The van der Waals surface area contributed by atoms with Crippen LogP contribution in [0.1, 0.15) is 11.1 Å². The number of guanidine groups is 1. The van der Waals surface area contributed by atoms with Crippen LogP contribution in [0.3, 0.4) is 0 Å². The van der Waals surface area contributed by atoms with Gasteiger partial charge in [-0.05, 0) is 30.5 Å². The van der Waals surface area contributed by atoms with Gasteiger partial charge in [0.2, 0.25) is 10.0 Å². The van der Waals surface area contributed by atoms with Gasteiger partial charge in [-0.1, -0.05) is 12.1 Å². The minimum Gasteiger partial charge on any atom is -0.361 e. The van der Waals surface area contributed by atoms with E-state index in [1.807, 2.05) is 12.3 Å². The van der Waals surface area contributed by atoms with Crippen LogP contribution in [0.2, 0.25) is 0 Å². The van der Waals surface area contributed by atoms with Crippen LogP contribution in [0.15, 0.2) is 29.4 Å². The molecule has 0 spiro atoms. The molecule has 0 aliphatic heterocycles. The molecule has 0 bridgehead atoms. The van der Waals surface area contributed by atoms with Crippen LogP contribution in [-0.2, 0) is 16.4 Å². The van der Waals surface area contributed by atoms with Crippen molar-refractivity contribution in [2.24, 2.45) is 4.99 Å². The number of aliphatic imine (C=N–C) groups is 1. The molecule has 0 fully saturated rings. The SMILES string of the molecule is CN=C(NCCNS(C)(=O)=O)NCCc1c[nH]c2cccc(C)c12. The lowest BCUT2D eigenvalue weighted by molar-refractivity contribution is 0.586. The summed E-state index contributed by atoms with van der Waals surface area (Å²) in [7, 11) is -1.46. The molecule has 8 heteroatoms. The molecule has 132 valence electrons. The van der Waals surface area contributed by atoms with Crippen LogP contribution < -0.4 is 15.4 Å². The van der Waals surface area contributed by atoms with Crippen LogP contribution in [-0.4, -0.2) is 52.3 Å². The smallest absolute Gasteiger partial charge is 0.208 e. The molecule has 1 aromatic heterocycles. The number of H-pyrrole nitrogens is 1. The van der Waals surface area contributed by atoms with Gasteiger partial charge in [-0.25, -0.2) is 13.1 Å². The minimum atomic E-state index is -3.15. The lowest BCUT2D eigenvalue weighted by Crippen LogP contribution is -2.42. The summed E-state index contributed by atoms with van der Waals surface area (Å²) < 4.78 is 24.4. The number of aromatic nitrogens is 1. The molecule has 0 saturated heterocycles. The summed E-state index contributed by atoms with van der Waals surface area (Å²) in [5.41, 5.74) is 3.68. The second-order valence-corrected chi connectivity index (χ2v) is 7.49. The number of nitrogens with one attached hydrogen (secondary N) is 4. The number of sulfonamides is 1. The first-order valence-corrected chi connectivity index (χ1v) is 9.74. The Kier molecular flexibility index (Phi) is 6.22. The van der Waals surface area contributed by atoms with Crippen molar-refractivity contribution in [2.45, 2.75) is 13.3 Å². The fraction of sp³-hybridized carbons (Fsp3) is 0.438. The fourth-order valence-electron chi connectivity index (χ4n) is 2.60. The number of aryl methyl sites for hydroxylation is 1. The second-order valence-electron chi connectivity index (χ2n) is 5.65. The summed E-state index contributed by atoms with van der Waals surface area (Å²) in [6.45, 7) is 3.64. The topological polar surface area (TPSA) is 98.4 Å². The van der Waals surface area contributed by atoms with E-state index >= 15 is 0 Å². The quantitative estimate of drug-likeness (QED) is 0.336. The van der Waals surface area contributed by atoms with Crippen LogP contribution in [0.5, 0.6) is 0 Å². The molecule has 0 aliphatic carbocycles. The van der Waals surface area contributed by atoms with Crippen molar-refractivity contribution in [2.75, 3.05) is 32.9 Å². The average Bonchev–Trinajstić information content (AvgIpc) is 2.93. The standard InChI is InChI=1S/C16H25N5O2S/c1-12-5-4-6-14-15(12)13(11-20-14)7-8-18-16(17-2)19-9-10-21-24(3,22)23/h4-6,11,20-21H,7-10H2,1-3H3,(H2,17,18,19). The van der Waals surface area contributed by atoms with E-state index in [2.05, 4.69) is 44.4 Å². The molecule has 1 aromatic carbocycles. The zero-order chi connectivity index (χ0) is 17.6. The fourth-order valence-corrected chi connectivity index (χ4v) is 3.07. The van der Waals surface area contributed by atoms with Gasteiger partial charge < -0.3 is 15.6 Å². The monoisotopic (exact) mass is 351 g/mol. The molecular formula is C16H25N5O2S. The van der Waals surface area contributed by atoms with Gasteiger partial charge in [0.15, 0.2) is 5.96 Å². The number of aromatic amines is 1.